The minimum Gasteiger partial charge on any atom is -0.451 e. The van der Waals surface area contributed by atoms with Gasteiger partial charge in [0.05, 0.1) is 0 Å². The van der Waals surface area contributed by atoms with E-state index in [-0.39, 0.29) is 23.8 Å². The Kier molecular flexibility index (Phi) is 7.39. The number of nitrogens with one attached hydrogen (secondary N) is 2. The van der Waals surface area contributed by atoms with Crippen LogP contribution in [0.5, 0.6) is 0 Å². The molecule has 148 valence electrons. The zero-order valence-corrected chi connectivity index (χ0v) is 16.6. The Morgan fingerprint density at radius 2 is 1.78 bits per heavy atom. The van der Waals surface area contributed by atoms with Crippen LogP contribution >= 0.6 is 0 Å². The first-order valence-electron chi connectivity index (χ1n) is 9.66. The van der Waals surface area contributed by atoms with E-state index in [1.165, 1.54) is 0 Å². The number of aryl methyl sites for hydroxylation is 1. The number of carbonyl (C=O) groups is 3. The molecule has 1 aliphatic carbocycles. The minimum atomic E-state index is -0.893. The molecule has 6 heteroatoms. The number of rotatable bonds is 7. The van der Waals surface area contributed by atoms with Gasteiger partial charge < -0.3 is 15.4 Å². The first-order valence-corrected chi connectivity index (χ1v) is 9.66. The lowest BCUT2D eigenvalue weighted by Gasteiger charge is -2.23. The molecule has 2 N–H and O–H groups in total. The van der Waals surface area contributed by atoms with Crippen LogP contribution in [-0.2, 0) is 14.3 Å². The minimum absolute atomic E-state index is 0.167. The van der Waals surface area contributed by atoms with Crippen LogP contribution in [-0.4, -0.2) is 36.0 Å². The van der Waals surface area contributed by atoms with Gasteiger partial charge in [0.2, 0.25) is 0 Å². The molecule has 2 amide bonds. The van der Waals surface area contributed by atoms with Gasteiger partial charge in [-0.05, 0) is 44.7 Å². The van der Waals surface area contributed by atoms with Crippen molar-refractivity contribution in [2.45, 2.75) is 71.6 Å². The highest BCUT2D eigenvalue weighted by molar-refractivity contribution is 5.97. The molecule has 1 saturated carbocycles. The summed E-state index contributed by atoms with van der Waals surface area (Å²) in [5.41, 5.74) is 1.45. The van der Waals surface area contributed by atoms with Gasteiger partial charge in [-0.3, -0.25) is 9.59 Å². The van der Waals surface area contributed by atoms with Crippen molar-refractivity contribution in [3.8, 4) is 0 Å². The van der Waals surface area contributed by atoms with Gasteiger partial charge in [0.15, 0.2) is 6.10 Å². The molecular weight excluding hydrogens is 344 g/mol. The maximum Gasteiger partial charge on any atom is 0.329 e. The number of hydrogen-bond acceptors (Lipinski definition) is 4. The summed E-state index contributed by atoms with van der Waals surface area (Å²) in [5.74, 6) is -1.39. The molecule has 1 fully saturated rings. The van der Waals surface area contributed by atoms with Crippen LogP contribution in [0.25, 0.3) is 0 Å². The van der Waals surface area contributed by atoms with Gasteiger partial charge in [-0.25, -0.2) is 4.79 Å². The summed E-state index contributed by atoms with van der Waals surface area (Å²) in [6.07, 6.45) is 3.26. The number of hydrogen-bond donors (Lipinski definition) is 2. The fourth-order valence-corrected chi connectivity index (χ4v) is 3.20. The quantitative estimate of drug-likeness (QED) is 0.719. The molecule has 1 aromatic rings. The van der Waals surface area contributed by atoms with E-state index < -0.39 is 18.1 Å². The van der Waals surface area contributed by atoms with Crippen LogP contribution in [0.1, 0.15) is 62.4 Å². The van der Waals surface area contributed by atoms with Crippen LogP contribution in [0.2, 0.25) is 0 Å². The van der Waals surface area contributed by atoms with Crippen molar-refractivity contribution in [3.63, 3.8) is 0 Å². The highest BCUT2D eigenvalue weighted by atomic mass is 16.5. The number of esters is 1. The largest absolute Gasteiger partial charge is 0.451 e. The lowest BCUT2D eigenvalue weighted by atomic mass is 10.0. The molecule has 0 aliphatic heterocycles. The molecule has 0 heterocycles. The molecule has 2 atom stereocenters. The molecule has 1 aromatic carbocycles. The first kappa shape index (κ1) is 20.9. The van der Waals surface area contributed by atoms with Crippen LogP contribution in [0.3, 0.4) is 0 Å². The van der Waals surface area contributed by atoms with E-state index in [0.717, 1.165) is 31.2 Å². The third-order valence-electron chi connectivity index (χ3n) is 4.85. The molecule has 0 spiro atoms. The molecule has 0 bridgehead atoms. The fourth-order valence-electron chi connectivity index (χ4n) is 3.20. The van der Waals surface area contributed by atoms with E-state index in [0.29, 0.717) is 5.56 Å². The van der Waals surface area contributed by atoms with Crippen molar-refractivity contribution in [1.82, 2.24) is 10.6 Å². The molecule has 0 saturated heterocycles. The predicted molar refractivity (Wildman–Crippen MR) is 103 cm³/mol. The predicted octanol–water partition coefficient (Wildman–Crippen LogP) is 2.74. The van der Waals surface area contributed by atoms with E-state index in [4.69, 9.17) is 4.74 Å². The number of ether oxygens (including phenoxy) is 1. The molecule has 1 unspecified atom stereocenters. The Labute approximate surface area is 161 Å². The van der Waals surface area contributed by atoms with Crippen LogP contribution in [0.15, 0.2) is 24.3 Å². The lowest BCUT2D eigenvalue weighted by molar-refractivity contribution is -0.157. The van der Waals surface area contributed by atoms with E-state index in [1.807, 2.05) is 26.8 Å². The SMILES string of the molecule is Cc1cccc(C(=O)N[C@H](C(=O)OC(C)C(=O)NC2CCCC2)C(C)C)c1. The number of carbonyl (C=O) groups excluding carboxylic acids is 3. The van der Waals surface area contributed by atoms with Gasteiger partial charge in [-0.2, -0.15) is 0 Å². The number of benzene rings is 1. The molecule has 0 aromatic heterocycles. The van der Waals surface area contributed by atoms with Crippen molar-refractivity contribution in [1.29, 1.82) is 0 Å². The summed E-state index contributed by atoms with van der Waals surface area (Å²) in [4.78, 5) is 37.3. The summed E-state index contributed by atoms with van der Waals surface area (Å²) in [6.45, 7) is 7.11. The van der Waals surface area contributed by atoms with Crippen molar-refractivity contribution in [2.24, 2.45) is 5.92 Å². The number of amides is 2. The smallest absolute Gasteiger partial charge is 0.329 e. The van der Waals surface area contributed by atoms with Crippen molar-refractivity contribution in [2.75, 3.05) is 0 Å². The van der Waals surface area contributed by atoms with Crippen molar-refractivity contribution in [3.05, 3.63) is 35.4 Å². The molecule has 6 nitrogen and oxygen atoms in total. The Morgan fingerprint density at radius 3 is 2.37 bits per heavy atom. The average molecular weight is 374 g/mol. The third kappa shape index (κ3) is 6.08. The molecule has 2 rings (SSSR count). The van der Waals surface area contributed by atoms with Gasteiger partial charge in [0, 0.05) is 11.6 Å². The van der Waals surface area contributed by atoms with E-state index in [2.05, 4.69) is 10.6 Å². The monoisotopic (exact) mass is 374 g/mol. The van der Waals surface area contributed by atoms with E-state index in [1.54, 1.807) is 25.1 Å². The molecule has 0 radical (unpaired) electrons. The summed E-state index contributed by atoms with van der Waals surface area (Å²) in [6, 6.07) is 6.50. The summed E-state index contributed by atoms with van der Waals surface area (Å²) in [5, 5.41) is 5.65. The average Bonchev–Trinajstić information content (AvgIpc) is 3.11. The van der Waals surface area contributed by atoms with Crippen molar-refractivity contribution < 1.29 is 19.1 Å². The second kappa shape index (κ2) is 9.53. The van der Waals surface area contributed by atoms with Gasteiger partial charge in [-0.15, -0.1) is 0 Å². The Bertz CT molecular complexity index is 681. The zero-order valence-electron chi connectivity index (χ0n) is 16.6. The Morgan fingerprint density at radius 1 is 1.11 bits per heavy atom. The van der Waals surface area contributed by atoms with Crippen LogP contribution in [0.4, 0.5) is 0 Å². The van der Waals surface area contributed by atoms with Crippen LogP contribution in [0, 0.1) is 12.8 Å². The van der Waals surface area contributed by atoms with E-state index in [9.17, 15) is 14.4 Å². The summed E-state index contributed by atoms with van der Waals surface area (Å²) in [7, 11) is 0. The summed E-state index contributed by atoms with van der Waals surface area (Å²) >= 11 is 0. The Hall–Kier alpha value is -2.37. The van der Waals surface area contributed by atoms with Crippen molar-refractivity contribution >= 4 is 17.8 Å². The summed E-state index contributed by atoms with van der Waals surface area (Å²) < 4.78 is 5.34. The third-order valence-corrected chi connectivity index (χ3v) is 4.85. The van der Waals surface area contributed by atoms with Gasteiger partial charge in [-0.1, -0.05) is 44.4 Å². The highest BCUT2D eigenvalue weighted by Crippen LogP contribution is 2.18. The van der Waals surface area contributed by atoms with Crippen LogP contribution < -0.4 is 10.6 Å². The molecular formula is C21H30N2O4. The standard InChI is InChI=1S/C21H30N2O4/c1-13(2)18(23-20(25)16-9-7-8-14(3)12-16)21(26)27-15(4)19(24)22-17-10-5-6-11-17/h7-9,12-13,15,17-18H,5-6,10-11H2,1-4H3,(H,22,24)(H,23,25)/t15?,18-/m0/s1. The topological polar surface area (TPSA) is 84.5 Å². The second-order valence-electron chi connectivity index (χ2n) is 7.63. The lowest BCUT2D eigenvalue weighted by Crippen LogP contribution is -2.48. The normalized spacial score (nSPS) is 16.6. The maximum atomic E-state index is 12.6. The van der Waals surface area contributed by atoms with Gasteiger partial charge >= 0.3 is 5.97 Å². The fraction of sp³-hybridized carbons (Fsp3) is 0.571. The maximum absolute atomic E-state index is 12.6. The van der Waals surface area contributed by atoms with Gasteiger partial charge in [0.1, 0.15) is 6.04 Å². The van der Waals surface area contributed by atoms with Gasteiger partial charge in [0.25, 0.3) is 11.8 Å². The molecule has 27 heavy (non-hydrogen) atoms. The zero-order chi connectivity index (χ0) is 20.0. The second-order valence-corrected chi connectivity index (χ2v) is 7.63. The Balaban J connectivity index is 1.95. The molecule has 1 aliphatic rings. The first-order chi connectivity index (χ1) is 12.8. The van der Waals surface area contributed by atoms with E-state index >= 15 is 0 Å². The highest BCUT2D eigenvalue weighted by Gasteiger charge is 2.30.